The summed E-state index contributed by atoms with van der Waals surface area (Å²) >= 11 is 0. The van der Waals surface area contributed by atoms with E-state index in [-0.39, 0.29) is 12.1 Å². The number of carbonyl (C=O) groups excluding carboxylic acids is 1. The van der Waals surface area contributed by atoms with Crippen molar-refractivity contribution in [3.8, 4) is 0 Å². The van der Waals surface area contributed by atoms with Crippen LogP contribution in [0.15, 0.2) is 30.9 Å². The molecular formula is C16H24N6O. The number of piperidine rings is 1. The zero-order valence-electron chi connectivity index (χ0n) is 13.5. The van der Waals surface area contributed by atoms with Crippen LogP contribution in [0, 0.1) is 5.92 Å². The Balaban J connectivity index is 1.53. The highest BCUT2D eigenvalue weighted by Crippen LogP contribution is 2.30. The Labute approximate surface area is 136 Å². The van der Waals surface area contributed by atoms with Gasteiger partial charge in [0.2, 0.25) is 0 Å². The summed E-state index contributed by atoms with van der Waals surface area (Å²) in [6.45, 7) is 4.37. The van der Waals surface area contributed by atoms with Crippen LogP contribution in [0.5, 0.6) is 0 Å². The van der Waals surface area contributed by atoms with Gasteiger partial charge in [-0.05, 0) is 31.2 Å². The number of carbonyl (C=O) groups is 1. The molecule has 7 heteroatoms. The molecule has 2 aromatic rings. The number of H-pyrrole nitrogens is 1. The first-order valence-electron chi connectivity index (χ1n) is 8.24. The normalized spacial score (nSPS) is 19.5. The summed E-state index contributed by atoms with van der Waals surface area (Å²) in [5, 5.41) is 14.1. The molecule has 0 saturated carbocycles. The van der Waals surface area contributed by atoms with Crippen LogP contribution in [0.4, 0.5) is 4.79 Å². The molecule has 1 aliphatic rings. The summed E-state index contributed by atoms with van der Waals surface area (Å²) in [7, 11) is 0. The number of likely N-dealkylation sites (tertiary alicyclic amines) is 1. The minimum absolute atomic E-state index is 0.0169. The molecule has 0 aromatic carbocycles. The van der Waals surface area contributed by atoms with Crippen LogP contribution in [0.3, 0.4) is 0 Å². The van der Waals surface area contributed by atoms with Crippen molar-refractivity contribution >= 4 is 6.03 Å². The van der Waals surface area contributed by atoms with Crippen LogP contribution in [0.25, 0.3) is 0 Å². The third-order valence-corrected chi connectivity index (χ3v) is 4.33. The van der Waals surface area contributed by atoms with E-state index in [2.05, 4.69) is 27.5 Å². The molecule has 2 atom stereocenters. The average Bonchev–Trinajstić information content (AvgIpc) is 3.26. The fraction of sp³-hybridized carbons (Fsp3) is 0.562. The van der Waals surface area contributed by atoms with Gasteiger partial charge in [-0.15, -0.1) is 0 Å². The molecule has 2 N–H and O–H groups in total. The molecule has 124 valence electrons. The van der Waals surface area contributed by atoms with E-state index in [1.807, 2.05) is 34.2 Å². The Morgan fingerprint density at radius 1 is 1.52 bits per heavy atom. The third kappa shape index (κ3) is 3.91. The van der Waals surface area contributed by atoms with Crippen molar-refractivity contribution in [3.63, 3.8) is 0 Å². The number of aromatic amines is 1. The number of hydrogen-bond donors (Lipinski definition) is 2. The lowest BCUT2D eigenvalue weighted by Crippen LogP contribution is -2.45. The van der Waals surface area contributed by atoms with Crippen molar-refractivity contribution in [2.45, 2.75) is 38.8 Å². The van der Waals surface area contributed by atoms with Gasteiger partial charge in [-0.1, -0.05) is 6.92 Å². The number of rotatable bonds is 5. The van der Waals surface area contributed by atoms with E-state index in [4.69, 9.17) is 0 Å². The average molecular weight is 316 g/mol. The number of hydrogen-bond acceptors (Lipinski definition) is 3. The van der Waals surface area contributed by atoms with Crippen molar-refractivity contribution in [3.05, 3.63) is 36.4 Å². The lowest BCUT2D eigenvalue weighted by Gasteiger charge is -2.35. The predicted molar refractivity (Wildman–Crippen MR) is 86.7 cm³/mol. The van der Waals surface area contributed by atoms with Crippen LogP contribution in [-0.4, -0.2) is 44.0 Å². The van der Waals surface area contributed by atoms with E-state index in [1.165, 1.54) is 0 Å². The topological polar surface area (TPSA) is 78.8 Å². The van der Waals surface area contributed by atoms with E-state index >= 15 is 0 Å². The minimum atomic E-state index is 0.0169. The molecule has 3 heterocycles. The number of nitrogens with one attached hydrogen (secondary N) is 2. The van der Waals surface area contributed by atoms with Gasteiger partial charge in [0.05, 0.1) is 12.2 Å². The maximum absolute atomic E-state index is 12.6. The summed E-state index contributed by atoms with van der Waals surface area (Å²) in [6.07, 6.45) is 10.6. The zero-order chi connectivity index (χ0) is 16.1. The van der Waals surface area contributed by atoms with Gasteiger partial charge in [0.25, 0.3) is 0 Å². The summed E-state index contributed by atoms with van der Waals surface area (Å²) in [6, 6.07) is 2.06. The first-order valence-corrected chi connectivity index (χ1v) is 8.24. The fourth-order valence-corrected chi connectivity index (χ4v) is 3.12. The van der Waals surface area contributed by atoms with Gasteiger partial charge in [-0.25, -0.2) is 4.79 Å². The van der Waals surface area contributed by atoms with Crippen molar-refractivity contribution in [2.24, 2.45) is 5.92 Å². The van der Waals surface area contributed by atoms with Crippen LogP contribution >= 0.6 is 0 Å². The van der Waals surface area contributed by atoms with E-state index in [1.54, 1.807) is 6.20 Å². The number of nitrogens with zero attached hydrogens (tertiary/aromatic N) is 4. The Morgan fingerprint density at radius 2 is 2.43 bits per heavy atom. The molecule has 3 rings (SSSR count). The molecule has 2 aromatic heterocycles. The summed E-state index contributed by atoms with van der Waals surface area (Å²) in [4.78, 5) is 14.5. The van der Waals surface area contributed by atoms with Gasteiger partial charge < -0.3 is 10.2 Å². The molecule has 0 unspecified atom stereocenters. The van der Waals surface area contributed by atoms with Crippen molar-refractivity contribution in [1.29, 1.82) is 0 Å². The molecule has 23 heavy (non-hydrogen) atoms. The number of amides is 2. The van der Waals surface area contributed by atoms with Gasteiger partial charge in [-0.2, -0.15) is 10.2 Å². The van der Waals surface area contributed by atoms with Crippen LogP contribution < -0.4 is 5.32 Å². The van der Waals surface area contributed by atoms with E-state index < -0.39 is 0 Å². The van der Waals surface area contributed by atoms with Crippen LogP contribution in [0.1, 0.15) is 37.8 Å². The van der Waals surface area contributed by atoms with Crippen LogP contribution in [-0.2, 0) is 6.54 Å². The highest BCUT2D eigenvalue weighted by Gasteiger charge is 2.28. The molecule has 1 aliphatic heterocycles. The summed E-state index contributed by atoms with van der Waals surface area (Å²) in [5.74, 6) is 0.330. The second-order valence-corrected chi connectivity index (χ2v) is 6.26. The fourth-order valence-electron chi connectivity index (χ4n) is 3.12. The van der Waals surface area contributed by atoms with Crippen molar-refractivity contribution in [2.75, 3.05) is 13.1 Å². The number of aromatic nitrogens is 4. The van der Waals surface area contributed by atoms with Gasteiger partial charge >= 0.3 is 6.03 Å². The molecule has 0 aliphatic carbocycles. The summed E-state index contributed by atoms with van der Waals surface area (Å²) in [5.41, 5.74) is 1.09. The molecule has 7 nitrogen and oxygen atoms in total. The zero-order valence-corrected chi connectivity index (χ0v) is 13.5. The van der Waals surface area contributed by atoms with Gasteiger partial charge in [0.1, 0.15) is 0 Å². The van der Waals surface area contributed by atoms with Gasteiger partial charge in [0, 0.05) is 43.8 Å². The molecule has 0 radical (unpaired) electrons. The molecule has 0 spiro atoms. The standard InChI is InChI=1S/C16H24N6O/c1-13(12-21-7-4-6-20-21)9-17-16(23)22-8-3-2-5-15(22)14-10-18-19-11-14/h4,6-7,10-11,13,15H,2-3,5,8-9,12H2,1H3,(H,17,23)(H,18,19)/t13-,15+/m1/s1. The SMILES string of the molecule is C[C@H](CNC(=O)N1CCCC[C@H]1c1cn[nH]c1)Cn1cccn1. The van der Waals surface area contributed by atoms with Crippen LogP contribution in [0.2, 0.25) is 0 Å². The molecule has 2 amide bonds. The molecule has 1 fully saturated rings. The van der Waals surface area contributed by atoms with Crippen molar-refractivity contribution < 1.29 is 4.79 Å². The van der Waals surface area contributed by atoms with E-state index in [0.717, 1.165) is 37.9 Å². The quantitative estimate of drug-likeness (QED) is 0.887. The third-order valence-electron chi connectivity index (χ3n) is 4.33. The Hall–Kier alpha value is -2.31. The summed E-state index contributed by atoms with van der Waals surface area (Å²) < 4.78 is 1.89. The highest BCUT2D eigenvalue weighted by atomic mass is 16.2. The highest BCUT2D eigenvalue weighted by molar-refractivity contribution is 5.74. The first kappa shape index (κ1) is 15.6. The molecule has 1 saturated heterocycles. The predicted octanol–water partition coefficient (Wildman–Crippen LogP) is 2.18. The maximum Gasteiger partial charge on any atom is 0.317 e. The second-order valence-electron chi connectivity index (χ2n) is 6.26. The number of urea groups is 1. The monoisotopic (exact) mass is 316 g/mol. The second kappa shape index (κ2) is 7.30. The van der Waals surface area contributed by atoms with E-state index in [9.17, 15) is 4.79 Å². The lowest BCUT2D eigenvalue weighted by atomic mass is 9.98. The first-order chi connectivity index (χ1) is 11.2. The van der Waals surface area contributed by atoms with Crippen molar-refractivity contribution in [1.82, 2.24) is 30.2 Å². The molecule has 0 bridgehead atoms. The van der Waals surface area contributed by atoms with Gasteiger partial charge in [-0.3, -0.25) is 9.78 Å². The Kier molecular flexibility index (Phi) is 4.95. The van der Waals surface area contributed by atoms with E-state index in [0.29, 0.717) is 12.5 Å². The molecular weight excluding hydrogens is 292 g/mol. The van der Waals surface area contributed by atoms with Gasteiger partial charge in [0.15, 0.2) is 0 Å². The largest absolute Gasteiger partial charge is 0.338 e. The Morgan fingerprint density at radius 3 is 3.17 bits per heavy atom. The lowest BCUT2D eigenvalue weighted by molar-refractivity contribution is 0.150. The maximum atomic E-state index is 12.6. The minimum Gasteiger partial charge on any atom is -0.338 e. The smallest absolute Gasteiger partial charge is 0.317 e. The Bertz CT molecular complexity index is 594.